The summed E-state index contributed by atoms with van der Waals surface area (Å²) in [6.07, 6.45) is 2.14. The van der Waals surface area contributed by atoms with Gasteiger partial charge in [-0.3, -0.25) is 4.90 Å². The van der Waals surface area contributed by atoms with Crippen molar-refractivity contribution >= 4 is 11.9 Å². The number of carboxylic acids is 2. The zero-order chi connectivity index (χ0) is 27.3. The van der Waals surface area contributed by atoms with Gasteiger partial charge in [0.05, 0.1) is 13.7 Å². The van der Waals surface area contributed by atoms with E-state index in [4.69, 9.17) is 19.7 Å². The molecule has 2 N–H and O–H groups in total. The second-order valence-electron chi connectivity index (χ2n) is 8.90. The van der Waals surface area contributed by atoms with E-state index in [1.54, 1.807) is 19.2 Å². The minimum Gasteiger partial charge on any atom is -0.493 e. The molecule has 4 rings (SSSR count). The number of benzene rings is 3. The molecule has 0 spiro atoms. The van der Waals surface area contributed by atoms with Crippen LogP contribution in [0.15, 0.2) is 91.0 Å². The lowest BCUT2D eigenvalue weighted by molar-refractivity contribution is -0.134. The zero-order valence-electron chi connectivity index (χ0n) is 21.2. The third kappa shape index (κ3) is 9.05. The molecule has 3 aromatic rings. The van der Waals surface area contributed by atoms with Crippen LogP contribution in [0.3, 0.4) is 0 Å². The summed E-state index contributed by atoms with van der Waals surface area (Å²) in [7, 11) is 1.66. The van der Waals surface area contributed by atoms with E-state index in [-0.39, 0.29) is 5.82 Å². The molecule has 1 saturated heterocycles. The van der Waals surface area contributed by atoms with Crippen LogP contribution in [-0.2, 0) is 16.1 Å². The Morgan fingerprint density at radius 1 is 0.921 bits per heavy atom. The number of nitrogens with zero attached hydrogens (tertiary/aromatic N) is 1. The number of carboxylic acid groups (broad SMARTS) is 2. The third-order valence-electron chi connectivity index (χ3n) is 6.26. The van der Waals surface area contributed by atoms with E-state index in [1.165, 1.54) is 11.1 Å². The Balaban J connectivity index is 0.000000436. The van der Waals surface area contributed by atoms with E-state index in [0.717, 1.165) is 37.6 Å². The minimum atomic E-state index is -1.26. The van der Waals surface area contributed by atoms with E-state index >= 15 is 0 Å². The molecule has 2 atom stereocenters. The molecule has 0 radical (unpaired) electrons. The fraction of sp³-hybridized carbons (Fsp3) is 0.267. The highest BCUT2D eigenvalue weighted by molar-refractivity contribution is 5.89. The largest absolute Gasteiger partial charge is 0.493 e. The van der Waals surface area contributed by atoms with Gasteiger partial charge in [-0.15, -0.1) is 0 Å². The summed E-state index contributed by atoms with van der Waals surface area (Å²) in [4.78, 5) is 21.6. The Morgan fingerprint density at radius 3 is 2.13 bits per heavy atom. The molecule has 38 heavy (non-hydrogen) atoms. The van der Waals surface area contributed by atoms with E-state index in [1.807, 2.05) is 42.5 Å². The molecular weight excluding hydrogens is 489 g/mol. The van der Waals surface area contributed by atoms with Gasteiger partial charge in [-0.2, -0.15) is 0 Å². The van der Waals surface area contributed by atoms with Crippen molar-refractivity contribution < 1.29 is 33.7 Å². The van der Waals surface area contributed by atoms with Gasteiger partial charge < -0.3 is 19.7 Å². The van der Waals surface area contributed by atoms with Crippen LogP contribution in [0.25, 0.3) is 0 Å². The van der Waals surface area contributed by atoms with Crippen molar-refractivity contribution in [2.45, 2.75) is 18.9 Å². The first-order chi connectivity index (χ1) is 18.4. The van der Waals surface area contributed by atoms with Crippen LogP contribution in [0.1, 0.15) is 23.5 Å². The zero-order valence-corrected chi connectivity index (χ0v) is 21.2. The number of hydrogen-bond acceptors (Lipinski definition) is 5. The Bertz CT molecular complexity index is 1180. The number of ether oxygens (including phenoxy) is 2. The Labute approximate surface area is 221 Å². The summed E-state index contributed by atoms with van der Waals surface area (Å²) < 4.78 is 25.1. The van der Waals surface area contributed by atoms with Crippen molar-refractivity contribution in [2.75, 3.05) is 26.8 Å². The van der Waals surface area contributed by atoms with Gasteiger partial charge >= 0.3 is 11.9 Å². The van der Waals surface area contributed by atoms with Crippen molar-refractivity contribution in [3.63, 3.8) is 0 Å². The average Bonchev–Trinajstić information content (AvgIpc) is 2.92. The molecule has 8 heteroatoms. The molecular formula is C30H32FNO6. The fourth-order valence-electron chi connectivity index (χ4n) is 4.49. The lowest BCUT2D eigenvalue weighted by Gasteiger charge is -2.39. The smallest absolute Gasteiger partial charge is 0.328 e. The number of carbonyl (C=O) groups is 2. The van der Waals surface area contributed by atoms with E-state index < -0.39 is 11.9 Å². The van der Waals surface area contributed by atoms with E-state index in [2.05, 4.69) is 29.2 Å². The van der Waals surface area contributed by atoms with Gasteiger partial charge in [0.2, 0.25) is 0 Å². The molecule has 0 aliphatic carbocycles. The molecule has 0 aromatic heterocycles. The van der Waals surface area contributed by atoms with Crippen LogP contribution < -0.4 is 9.47 Å². The molecule has 1 aliphatic heterocycles. The van der Waals surface area contributed by atoms with Crippen molar-refractivity contribution in [3.8, 4) is 11.5 Å². The lowest BCUT2D eigenvalue weighted by atomic mass is 9.80. The molecule has 7 nitrogen and oxygen atoms in total. The predicted octanol–water partition coefficient (Wildman–Crippen LogP) is 5.23. The second-order valence-corrected chi connectivity index (χ2v) is 8.90. The fourth-order valence-corrected chi connectivity index (χ4v) is 4.49. The number of aliphatic carboxylic acids is 2. The first-order valence-electron chi connectivity index (χ1n) is 12.3. The average molecular weight is 522 g/mol. The highest BCUT2D eigenvalue weighted by atomic mass is 19.1. The van der Waals surface area contributed by atoms with Crippen molar-refractivity contribution in [3.05, 3.63) is 108 Å². The van der Waals surface area contributed by atoms with Gasteiger partial charge in [0, 0.05) is 31.2 Å². The van der Waals surface area contributed by atoms with Crippen molar-refractivity contribution in [1.82, 2.24) is 4.90 Å². The Hall–Kier alpha value is -4.17. The highest BCUT2D eigenvalue weighted by Crippen LogP contribution is 2.35. The summed E-state index contributed by atoms with van der Waals surface area (Å²) >= 11 is 0. The summed E-state index contributed by atoms with van der Waals surface area (Å²) in [5.41, 5.74) is 2.51. The Morgan fingerprint density at radius 2 is 1.53 bits per heavy atom. The SMILES string of the molecule is COc1ccccc1OC[C@H]1CN(Cc2ccccc2)CC[C@@H]1c1ccc(F)cc1.O=C(O)/C=C/C(=O)O. The molecule has 0 unspecified atom stereocenters. The van der Waals surface area contributed by atoms with Crippen LogP contribution in [0.5, 0.6) is 11.5 Å². The molecule has 200 valence electrons. The number of para-hydroxylation sites is 2. The topological polar surface area (TPSA) is 96.3 Å². The van der Waals surface area contributed by atoms with Crippen molar-refractivity contribution in [2.24, 2.45) is 5.92 Å². The van der Waals surface area contributed by atoms with Crippen LogP contribution in [0.2, 0.25) is 0 Å². The van der Waals surface area contributed by atoms with Crippen LogP contribution in [-0.4, -0.2) is 53.9 Å². The van der Waals surface area contributed by atoms with Crippen LogP contribution >= 0.6 is 0 Å². The number of hydrogen-bond donors (Lipinski definition) is 2. The minimum absolute atomic E-state index is 0.193. The molecule has 0 amide bonds. The van der Waals surface area contributed by atoms with Gasteiger partial charge in [-0.1, -0.05) is 54.6 Å². The van der Waals surface area contributed by atoms with E-state index in [0.29, 0.717) is 30.6 Å². The highest BCUT2D eigenvalue weighted by Gasteiger charge is 2.31. The maximum absolute atomic E-state index is 13.5. The first kappa shape index (κ1) is 28.4. The maximum Gasteiger partial charge on any atom is 0.328 e. The van der Waals surface area contributed by atoms with Gasteiger partial charge in [-0.05, 0) is 54.3 Å². The summed E-state index contributed by atoms with van der Waals surface area (Å²) in [6, 6.07) is 25.3. The monoisotopic (exact) mass is 521 g/mol. The first-order valence-corrected chi connectivity index (χ1v) is 12.3. The van der Waals surface area contributed by atoms with E-state index in [9.17, 15) is 14.0 Å². The van der Waals surface area contributed by atoms with Crippen molar-refractivity contribution in [1.29, 1.82) is 0 Å². The van der Waals surface area contributed by atoms with Gasteiger partial charge in [-0.25, -0.2) is 14.0 Å². The number of rotatable bonds is 9. The van der Waals surface area contributed by atoms with Gasteiger partial charge in [0.25, 0.3) is 0 Å². The molecule has 1 heterocycles. The summed E-state index contributed by atoms with van der Waals surface area (Å²) in [5.74, 6) is -0.558. The molecule has 0 saturated carbocycles. The van der Waals surface area contributed by atoms with Crippen LogP contribution in [0.4, 0.5) is 4.39 Å². The number of likely N-dealkylation sites (tertiary alicyclic amines) is 1. The molecule has 1 fully saturated rings. The quantitative estimate of drug-likeness (QED) is 0.372. The number of methoxy groups -OCH3 is 1. The summed E-state index contributed by atoms with van der Waals surface area (Å²) in [5, 5.41) is 15.6. The van der Waals surface area contributed by atoms with Gasteiger partial charge in [0.15, 0.2) is 11.5 Å². The van der Waals surface area contributed by atoms with Gasteiger partial charge in [0.1, 0.15) is 5.82 Å². The number of piperidine rings is 1. The number of halogens is 1. The molecule has 1 aliphatic rings. The third-order valence-corrected chi connectivity index (χ3v) is 6.26. The predicted molar refractivity (Wildman–Crippen MR) is 142 cm³/mol. The Kier molecular flexibility index (Phi) is 10.9. The standard InChI is InChI=1S/C26H28FNO2.C4H4O4/c1-29-25-9-5-6-10-26(25)30-19-22-18-28(17-20-7-3-2-4-8-20)16-15-24(22)21-11-13-23(27)14-12-21;5-3(6)1-2-4(7)8/h2-14,22,24H,15-19H2,1H3;1-2H,(H,5,6)(H,7,8)/b;2-1+/t22-,24-;/m1./s1. The normalized spacial score (nSPS) is 17.3. The lowest BCUT2D eigenvalue weighted by Crippen LogP contribution is -2.41. The van der Waals surface area contributed by atoms with Crippen LogP contribution in [0, 0.1) is 11.7 Å². The maximum atomic E-state index is 13.5. The molecule has 3 aromatic carbocycles. The second kappa shape index (κ2) is 14.5. The molecule has 0 bridgehead atoms. The summed E-state index contributed by atoms with van der Waals surface area (Å²) in [6.45, 7) is 3.48.